The molecular weight excluding hydrogens is 409 g/mol. The molecule has 30 heavy (non-hydrogen) atoms. The maximum atomic E-state index is 12.6. The van der Waals surface area contributed by atoms with Gasteiger partial charge in [0, 0.05) is 26.9 Å². The molecule has 1 atom stereocenters. The van der Waals surface area contributed by atoms with Crippen LogP contribution in [0.5, 0.6) is 0 Å². The Hall–Kier alpha value is -2.49. The van der Waals surface area contributed by atoms with Crippen molar-refractivity contribution in [1.82, 2.24) is 15.0 Å². The van der Waals surface area contributed by atoms with Crippen LogP contribution in [0.4, 0.5) is 14.9 Å². The van der Waals surface area contributed by atoms with Gasteiger partial charge in [-0.2, -0.15) is 0 Å². The average Bonchev–Trinajstić information content (AvgIpc) is 3.28. The number of ether oxygens (including phenoxy) is 1. The molecule has 0 bridgehead atoms. The third-order valence-corrected chi connectivity index (χ3v) is 7.67. The Morgan fingerprint density at radius 1 is 1.27 bits per heavy atom. The van der Waals surface area contributed by atoms with Crippen molar-refractivity contribution in [3.8, 4) is 0 Å². The van der Waals surface area contributed by atoms with Crippen molar-refractivity contribution in [2.24, 2.45) is 0 Å². The molecule has 2 saturated heterocycles. The van der Waals surface area contributed by atoms with Gasteiger partial charge in [0.25, 0.3) is 0 Å². The lowest BCUT2D eigenvalue weighted by Crippen LogP contribution is -2.27. The van der Waals surface area contributed by atoms with Crippen LogP contribution >= 0.6 is 0 Å². The van der Waals surface area contributed by atoms with Gasteiger partial charge >= 0.3 is 6.09 Å². The number of aromatic nitrogens is 3. The van der Waals surface area contributed by atoms with Crippen molar-refractivity contribution >= 4 is 21.5 Å². The van der Waals surface area contributed by atoms with Crippen LogP contribution in [0.2, 0.25) is 0 Å². The minimum Gasteiger partial charge on any atom is -0.442 e. The zero-order valence-corrected chi connectivity index (χ0v) is 18.0. The van der Waals surface area contributed by atoms with Gasteiger partial charge in [0.05, 0.1) is 19.3 Å². The molecule has 162 valence electrons. The Morgan fingerprint density at radius 3 is 2.53 bits per heavy atom. The highest BCUT2D eigenvalue weighted by molar-refractivity contribution is 7.92. The highest BCUT2D eigenvalue weighted by atomic mass is 32.2. The molecular formula is C20H26FN5O3S. The quantitative estimate of drug-likeness (QED) is 0.776. The number of amides is 1. The molecule has 1 aromatic carbocycles. The van der Waals surface area contributed by atoms with E-state index < -0.39 is 28.6 Å². The number of alkyl halides is 1. The monoisotopic (exact) mass is 435 g/mol. The predicted molar refractivity (Wildman–Crippen MR) is 111 cm³/mol. The summed E-state index contributed by atoms with van der Waals surface area (Å²) >= 11 is 0. The number of nitrogens with one attached hydrogen (secondary N) is 1. The molecule has 2 aliphatic heterocycles. The molecule has 0 radical (unpaired) electrons. The molecule has 10 heteroatoms. The molecule has 0 aliphatic carbocycles. The van der Waals surface area contributed by atoms with Crippen LogP contribution in [0.3, 0.4) is 0 Å². The van der Waals surface area contributed by atoms with Gasteiger partial charge in [-0.15, -0.1) is 5.10 Å². The van der Waals surface area contributed by atoms with E-state index in [0.717, 1.165) is 29.7 Å². The maximum Gasteiger partial charge on any atom is 0.414 e. The van der Waals surface area contributed by atoms with E-state index in [1.807, 2.05) is 26.0 Å². The van der Waals surface area contributed by atoms with Gasteiger partial charge < -0.3 is 4.74 Å². The third kappa shape index (κ3) is 4.19. The second-order valence-corrected chi connectivity index (χ2v) is 10.6. The van der Waals surface area contributed by atoms with E-state index in [-0.39, 0.29) is 5.69 Å². The number of anilines is 1. The topological polar surface area (TPSA) is 101 Å². The molecule has 2 aliphatic rings. The number of hydrogen-bond acceptors (Lipinski definition) is 6. The first-order valence-corrected chi connectivity index (χ1v) is 11.9. The lowest BCUT2D eigenvalue weighted by atomic mass is 9.86. The summed E-state index contributed by atoms with van der Waals surface area (Å²) in [6.07, 6.45) is 2.23. The summed E-state index contributed by atoms with van der Waals surface area (Å²) < 4.78 is 39.4. The molecule has 0 spiro atoms. The number of hydrogen-bond donors (Lipinski definition) is 1. The van der Waals surface area contributed by atoms with Gasteiger partial charge in [0.1, 0.15) is 18.5 Å². The molecule has 2 fully saturated rings. The molecule has 4 rings (SSSR count). The molecule has 1 N–H and O–H groups in total. The van der Waals surface area contributed by atoms with Gasteiger partial charge in [0.15, 0.2) is 0 Å². The Balaban J connectivity index is 1.49. The summed E-state index contributed by atoms with van der Waals surface area (Å²) in [5, 5.41) is 7.57. The fourth-order valence-corrected chi connectivity index (χ4v) is 6.01. The number of carbonyl (C=O) groups is 1. The lowest BCUT2D eigenvalue weighted by molar-refractivity contribution is 0.129. The summed E-state index contributed by atoms with van der Waals surface area (Å²) in [5.74, 6) is 1.20. The standard InChI is InChI=1S/C20H26FN5O3S/c1-13-7-17(8-14(2)19(13)15-3-5-30(22,28)6-4-15)26-12-18(29-20(26)27)11-25-10-16(9-21)23-24-25/h7-8,10,15,18,22H,3-6,9,11-12H2,1-2H3. The number of carbonyl (C=O) groups excluding carboxylic acids is 1. The summed E-state index contributed by atoms with van der Waals surface area (Å²) in [6.45, 7) is 4.09. The van der Waals surface area contributed by atoms with Crippen molar-refractivity contribution in [3.05, 3.63) is 40.7 Å². The highest BCUT2D eigenvalue weighted by Gasteiger charge is 2.34. The van der Waals surface area contributed by atoms with Crippen molar-refractivity contribution in [2.75, 3.05) is 23.0 Å². The first-order chi connectivity index (χ1) is 14.3. The first kappa shape index (κ1) is 20.8. The number of halogens is 1. The molecule has 8 nitrogen and oxygen atoms in total. The second-order valence-electron chi connectivity index (χ2n) is 8.17. The van der Waals surface area contributed by atoms with E-state index in [2.05, 4.69) is 10.3 Å². The van der Waals surface area contributed by atoms with E-state index in [1.165, 1.54) is 16.4 Å². The number of rotatable bonds is 5. The normalized spacial score (nSPS) is 26.8. The third-order valence-electron chi connectivity index (χ3n) is 5.88. The summed E-state index contributed by atoms with van der Waals surface area (Å²) in [6, 6.07) is 3.99. The molecule has 1 amide bonds. The predicted octanol–water partition coefficient (Wildman–Crippen LogP) is 3.31. The smallest absolute Gasteiger partial charge is 0.414 e. The average molecular weight is 436 g/mol. The summed E-state index contributed by atoms with van der Waals surface area (Å²) in [5.41, 5.74) is 4.45. The van der Waals surface area contributed by atoms with E-state index in [1.54, 1.807) is 4.90 Å². The molecule has 1 aromatic heterocycles. The van der Waals surface area contributed by atoms with E-state index in [9.17, 15) is 13.4 Å². The minimum absolute atomic E-state index is 0.252. The fourth-order valence-electron chi connectivity index (χ4n) is 4.48. The Bertz CT molecular complexity index is 1030. The number of aryl methyl sites for hydroxylation is 2. The van der Waals surface area contributed by atoms with Crippen LogP contribution in [0.25, 0.3) is 0 Å². The number of cyclic esters (lactones) is 1. The zero-order valence-electron chi connectivity index (χ0n) is 17.1. The molecule has 3 heterocycles. The largest absolute Gasteiger partial charge is 0.442 e. The van der Waals surface area contributed by atoms with Crippen LogP contribution in [0.1, 0.15) is 41.1 Å². The van der Waals surface area contributed by atoms with Crippen LogP contribution < -0.4 is 4.90 Å². The van der Waals surface area contributed by atoms with Crippen LogP contribution in [-0.4, -0.2) is 49.5 Å². The Labute approximate surface area is 175 Å². The van der Waals surface area contributed by atoms with E-state index >= 15 is 0 Å². The second kappa shape index (κ2) is 7.98. The van der Waals surface area contributed by atoms with Gasteiger partial charge in [-0.3, -0.25) is 9.68 Å². The lowest BCUT2D eigenvalue weighted by Gasteiger charge is -2.28. The maximum absolute atomic E-state index is 12.6. The molecule has 1 unspecified atom stereocenters. The Kier molecular flexibility index (Phi) is 5.52. The number of benzene rings is 1. The summed E-state index contributed by atoms with van der Waals surface area (Å²) in [7, 11) is -2.41. The van der Waals surface area contributed by atoms with Gasteiger partial charge in [-0.25, -0.2) is 18.1 Å². The molecule has 0 saturated carbocycles. The van der Waals surface area contributed by atoms with Crippen LogP contribution in [0.15, 0.2) is 18.3 Å². The van der Waals surface area contributed by atoms with Crippen LogP contribution in [0, 0.1) is 18.6 Å². The van der Waals surface area contributed by atoms with Crippen molar-refractivity contribution in [1.29, 1.82) is 4.78 Å². The minimum atomic E-state index is -2.41. The SMILES string of the molecule is Cc1cc(N2CC(Cn3cc(CF)nn3)OC2=O)cc(C)c1C1CCS(=N)(=O)CC1. The van der Waals surface area contributed by atoms with Crippen molar-refractivity contribution in [3.63, 3.8) is 0 Å². The van der Waals surface area contributed by atoms with E-state index in [4.69, 9.17) is 9.52 Å². The van der Waals surface area contributed by atoms with Gasteiger partial charge in [-0.05, 0) is 61.4 Å². The van der Waals surface area contributed by atoms with Crippen molar-refractivity contribution < 1.29 is 18.1 Å². The van der Waals surface area contributed by atoms with E-state index in [0.29, 0.717) is 30.5 Å². The van der Waals surface area contributed by atoms with Crippen LogP contribution in [-0.2, 0) is 27.7 Å². The molecule has 2 aromatic rings. The Morgan fingerprint density at radius 2 is 1.93 bits per heavy atom. The summed E-state index contributed by atoms with van der Waals surface area (Å²) in [4.78, 5) is 14.1. The zero-order chi connectivity index (χ0) is 21.5. The van der Waals surface area contributed by atoms with Gasteiger partial charge in [-0.1, -0.05) is 5.21 Å². The first-order valence-electron chi connectivity index (χ1n) is 10.0. The van der Waals surface area contributed by atoms with Crippen molar-refractivity contribution in [2.45, 2.75) is 51.9 Å². The number of nitrogens with zero attached hydrogens (tertiary/aromatic N) is 4. The fraction of sp³-hybridized carbons (Fsp3) is 0.550. The van der Waals surface area contributed by atoms with Gasteiger partial charge in [0.2, 0.25) is 0 Å². The highest BCUT2D eigenvalue weighted by Crippen LogP contribution is 2.36.